The van der Waals surface area contributed by atoms with Gasteiger partial charge in [0.15, 0.2) is 0 Å². The number of rotatable bonds is 4. The third kappa shape index (κ3) is 2.79. The number of nitro groups is 1. The summed E-state index contributed by atoms with van der Waals surface area (Å²) in [6.45, 7) is 2.59. The van der Waals surface area contributed by atoms with E-state index in [0.717, 1.165) is 11.1 Å². The molecule has 0 aliphatic heterocycles. The third-order valence-corrected chi connectivity index (χ3v) is 2.56. The molecule has 0 spiro atoms. The fourth-order valence-corrected chi connectivity index (χ4v) is 1.48. The molecule has 18 heavy (non-hydrogen) atoms. The molecule has 0 atom stereocenters. The maximum atomic E-state index is 10.5. The van der Waals surface area contributed by atoms with E-state index in [0.29, 0.717) is 12.4 Å². The lowest BCUT2D eigenvalue weighted by Crippen LogP contribution is -2.03. The van der Waals surface area contributed by atoms with Gasteiger partial charge in [-0.3, -0.25) is 15.1 Å². The minimum atomic E-state index is -0.468. The molecule has 2 heterocycles. The molecule has 6 nitrogen and oxygen atoms in total. The summed E-state index contributed by atoms with van der Waals surface area (Å²) < 4.78 is 0. The Morgan fingerprint density at radius 1 is 1.33 bits per heavy atom. The zero-order valence-corrected chi connectivity index (χ0v) is 9.83. The van der Waals surface area contributed by atoms with Crippen molar-refractivity contribution in [3.05, 3.63) is 58.0 Å². The molecule has 0 aliphatic carbocycles. The van der Waals surface area contributed by atoms with Crippen LogP contribution in [-0.4, -0.2) is 14.9 Å². The van der Waals surface area contributed by atoms with Gasteiger partial charge in [-0.25, -0.2) is 4.98 Å². The molecular formula is C12H12N4O2. The summed E-state index contributed by atoms with van der Waals surface area (Å²) in [6.07, 6.45) is 4.76. The van der Waals surface area contributed by atoms with Crippen molar-refractivity contribution >= 4 is 11.5 Å². The number of anilines is 1. The van der Waals surface area contributed by atoms with Crippen molar-refractivity contribution in [2.45, 2.75) is 13.5 Å². The summed E-state index contributed by atoms with van der Waals surface area (Å²) in [5, 5.41) is 13.6. The molecule has 0 amide bonds. The first-order valence-corrected chi connectivity index (χ1v) is 5.40. The Morgan fingerprint density at radius 3 is 2.78 bits per heavy atom. The molecule has 0 saturated heterocycles. The number of hydrogen-bond donors (Lipinski definition) is 1. The van der Waals surface area contributed by atoms with E-state index >= 15 is 0 Å². The van der Waals surface area contributed by atoms with E-state index in [2.05, 4.69) is 15.3 Å². The molecule has 0 saturated carbocycles. The molecule has 0 bridgehead atoms. The molecular weight excluding hydrogens is 232 g/mol. The summed E-state index contributed by atoms with van der Waals surface area (Å²) in [7, 11) is 0. The van der Waals surface area contributed by atoms with E-state index in [1.807, 2.05) is 13.0 Å². The second-order valence-electron chi connectivity index (χ2n) is 3.81. The van der Waals surface area contributed by atoms with Gasteiger partial charge in [-0.2, -0.15) is 0 Å². The molecule has 2 aromatic heterocycles. The Labute approximate surface area is 104 Å². The monoisotopic (exact) mass is 244 g/mol. The van der Waals surface area contributed by atoms with Crippen LogP contribution in [-0.2, 0) is 6.54 Å². The van der Waals surface area contributed by atoms with Crippen LogP contribution >= 0.6 is 0 Å². The number of pyridine rings is 2. The number of hydrogen-bond acceptors (Lipinski definition) is 5. The minimum absolute atomic E-state index is 0.0133. The van der Waals surface area contributed by atoms with Gasteiger partial charge in [-0.05, 0) is 30.2 Å². The van der Waals surface area contributed by atoms with Crippen LogP contribution in [0.4, 0.5) is 11.5 Å². The van der Waals surface area contributed by atoms with Crippen molar-refractivity contribution < 1.29 is 4.92 Å². The van der Waals surface area contributed by atoms with E-state index < -0.39 is 4.92 Å². The number of nitrogens with zero attached hydrogens (tertiary/aromatic N) is 3. The van der Waals surface area contributed by atoms with Crippen LogP contribution < -0.4 is 5.32 Å². The highest BCUT2D eigenvalue weighted by atomic mass is 16.6. The van der Waals surface area contributed by atoms with Crippen molar-refractivity contribution in [3.63, 3.8) is 0 Å². The molecule has 2 rings (SSSR count). The summed E-state index contributed by atoms with van der Waals surface area (Å²) in [5.41, 5.74) is 2.19. The lowest BCUT2D eigenvalue weighted by molar-refractivity contribution is -0.385. The summed E-state index contributed by atoms with van der Waals surface area (Å²) in [5.74, 6) is 0.608. The van der Waals surface area contributed by atoms with E-state index in [1.54, 1.807) is 18.5 Å². The first-order chi connectivity index (χ1) is 8.66. The molecule has 2 aromatic rings. The fourth-order valence-electron chi connectivity index (χ4n) is 1.48. The number of nitrogens with one attached hydrogen (secondary N) is 1. The SMILES string of the molecule is Cc1cnccc1CNc1ccc([N+](=O)[O-])cn1. The zero-order valence-electron chi connectivity index (χ0n) is 9.83. The lowest BCUT2D eigenvalue weighted by Gasteiger charge is -2.07. The number of aryl methyl sites for hydroxylation is 1. The Balaban J connectivity index is 2.02. The van der Waals surface area contributed by atoms with Crippen LogP contribution in [0.2, 0.25) is 0 Å². The second-order valence-corrected chi connectivity index (χ2v) is 3.81. The van der Waals surface area contributed by atoms with Crippen LogP contribution in [0, 0.1) is 17.0 Å². The maximum Gasteiger partial charge on any atom is 0.287 e. The molecule has 0 unspecified atom stereocenters. The average molecular weight is 244 g/mol. The Morgan fingerprint density at radius 2 is 2.17 bits per heavy atom. The van der Waals surface area contributed by atoms with Gasteiger partial charge in [-0.1, -0.05) is 0 Å². The van der Waals surface area contributed by atoms with Gasteiger partial charge in [0.2, 0.25) is 0 Å². The van der Waals surface area contributed by atoms with E-state index in [1.165, 1.54) is 12.3 Å². The van der Waals surface area contributed by atoms with Crippen LogP contribution in [0.25, 0.3) is 0 Å². The first-order valence-electron chi connectivity index (χ1n) is 5.40. The minimum Gasteiger partial charge on any atom is -0.366 e. The van der Waals surface area contributed by atoms with Crippen molar-refractivity contribution in [2.24, 2.45) is 0 Å². The highest BCUT2D eigenvalue weighted by Gasteiger charge is 2.05. The molecule has 0 aliphatic rings. The highest BCUT2D eigenvalue weighted by molar-refractivity contribution is 5.41. The maximum absolute atomic E-state index is 10.5. The van der Waals surface area contributed by atoms with Gasteiger partial charge in [0.1, 0.15) is 12.0 Å². The van der Waals surface area contributed by atoms with E-state index in [-0.39, 0.29) is 5.69 Å². The standard InChI is InChI=1S/C12H12N4O2/c1-9-6-13-5-4-10(9)7-14-12-3-2-11(8-15-12)16(17)18/h2-6,8H,7H2,1H3,(H,14,15). The molecule has 0 radical (unpaired) electrons. The second kappa shape index (κ2) is 5.22. The predicted octanol–water partition coefficient (Wildman–Crippen LogP) is 2.31. The van der Waals surface area contributed by atoms with Gasteiger partial charge in [0.25, 0.3) is 5.69 Å². The Bertz CT molecular complexity index is 554. The van der Waals surface area contributed by atoms with Crippen LogP contribution in [0.1, 0.15) is 11.1 Å². The van der Waals surface area contributed by atoms with Gasteiger partial charge in [0.05, 0.1) is 4.92 Å². The summed E-state index contributed by atoms with van der Waals surface area (Å²) in [6, 6.07) is 4.94. The van der Waals surface area contributed by atoms with Gasteiger partial charge >= 0.3 is 0 Å². The van der Waals surface area contributed by atoms with Crippen molar-refractivity contribution in [2.75, 3.05) is 5.32 Å². The van der Waals surface area contributed by atoms with Crippen LogP contribution in [0.3, 0.4) is 0 Å². The van der Waals surface area contributed by atoms with Gasteiger partial charge in [0, 0.05) is 25.0 Å². The van der Waals surface area contributed by atoms with E-state index in [4.69, 9.17) is 0 Å². The Kier molecular flexibility index (Phi) is 3.47. The largest absolute Gasteiger partial charge is 0.366 e. The van der Waals surface area contributed by atoms with E-state index in [9.17, 15) is 10.1 Å². The van der Waals surface area contributed by atoms with Crippen LogP contribution in [0.5, 0.6) is 0 Å². The van der Waals surface area contributed by atoms with Gasteiger partial charge in [-0.15, -0.1) is 0 Å². The predicted molar refractivity (Wildman–Crippen MR) is 67.2 cm³/mol. The smallest absolute Gasteiger partial charge is 0.287 e. The molecule has 1 N–H and O–H groups in total. The summed E-state index contributed by atoms with van der Waals surface area (Å²) >= 11 is 0. The normalized spacial score (nSPS) is 10.1. The highest BCUT2D eigenvalue weighted by Crippen LogP contribution is 2.13. The molecule has 0 aromatic carbocycles. The fraction of sp³-hybridized carbons (Fsp3) is 0.167. The topological polar surface area (TPSA) is 81.0 Å². The molecule has 0 fully saturated rings. The van der Waals surface area contributed by atoms with Crippen molar-refractivity contribution in [1.82, 2.24) is 9.97 Å². The van der Waals surface area contributed by atoms with Gasteiger partial charge < -0.3 is 5.32 Å². The third-order valence-electron chi connectivity index (χ3n) is 2.56. The average Bonchev–Trinajstić information content (AvgIpc) is 2.38. The van der Waals surface area contributed by atoms with Crippen molar-refractivity contribution in [1.29, 1.82) is 0 Å². The first kappa shape index (κ1) is 12.0. The van der Waals surface area contributed by atoms with Crippen molar-refractivity contribution in [3.8, 4) is 0 Å². The lowest BCUT2D eigenvalue weighted by atomic mass is 10.1. The molecule has 92 valence electrons. The quantitative estimate of drug-likeness (QED) is 0.659. The van der Waals surface area contributed by atoms with Crippen LogP contribution in [0.15, 0.2) is 36.8 Å². The number of aromatic nitrogens is 2. The summed E-state index contributed by atoms with van der Waals surface area (Å²) in [4.78, 5) is 18.0. The zero-order chi connectivity index (χ0) is 13.0. The Hall–Kier alpha value is -2.50. The molecule has 6 heteroatoms.